The molecular formula is C4H12NNaO4S. The molecule has 0 unspecified atom stereocenters. The molecule has 0 spiro atoms. The Morgan fingerprint density at radius 1 is 1.55 bits per heavy atom. The Hall–Kier alpha value is 0.830. The summed E-state index contributed by atoms with van der Waals surface area (Å²) in [6, 6.07) is 0. The summed E-state index contributed by atoms with van der Waals surface area (Å²) < 4.78 is 31.0. The minimum Gasteiger partial charge on any atom is -0.726 e. The first-order chi connectivity index (χ1) is 4.47. The summed E-state index contributed by atoms with van der Waals surface area (Å²) in [6.45, 7) is 3.14. The molecule has 0 aliphatic carbocycles. The molecule has 0 saturated carbocycles. The summed E-state index contributed by atoms with van der Waals surface area (Å²) in [6.07, 6.45) is 0. The molecular weight excluding hydrogens is 181 g/mol. The zero-order chi connectivity index (χ0) is 8.62. The molecule has 0 rings (SSSR count). The van der Waals surface area contributed by atoms with Crippen molar-refractivity contribution < 1.29 is 46.7 Å². The van der Waals surface area contributed by atoms with Crippen LogP contribution >= 0.6 is 0 Å². The number of hydrogen-bond donors (Lipinski definition) is 1. The molecule has 11 heavy (non-hydrogen) atoms. The Bertz CT molecular complexity index is 144. The zero-order valence-electron chi connectivity index (χ0n) is 7.25. The molecule has 0 heterocycles. The average Bonchev–Trinajstić information content (AvgIpc) is 1.87. The van der Waals surface area contributed by atoms with Gasteiger partial charge in [-0.25, -0.2) is 8.42 Å². The largest absolute Gasteiger partial charge is 1.00 e. The fourth-order valence-corrected chi connectivity index (χ4v) is 0. The van der Waals surface area contributed by atoms with E-state index in [9.17, 15) is 13.0 Å². The van der Waals surface area contributed by atoms with E-state index in [0.29, 0.717) is 0 Å². The molecule has 7 heteroatoms. The van der Waals surface area contributed by atoms with E-state index in [1.807, 2.05) is 7.05 Å². The number of rotatable bonds is 2. The van der Waals surface area contributed by atoms with Crippen LogP contribution in [0.15, 0.2) is 0 Å². The van der Waals surface area contributed by atoms with Crippen LogP contribution in [0, 0.1) is 0 Å². The molecule has 0 radical (unpaired) electrons. The molecule has 0 saturated heterocycles. The Morgan fingerprint density at radius 2 is 1.73 bits per heavy atom. The van der Waals surface area contributed by atoms with Crippen LogP contribution in [-0.2, 0) is 14.6 Å². The second-order valence-electron chi connectivity index (χ2n) is 1.28. The molecule has 64 valence electrons. The summed E-state index contributed by atoms with van der Waals surface area (Å²) in [4.78, 5) is 0. The van der Waals surface area contributed by atoms with Gasteiger partial charge >= 0.3 is 29.6 Å². The van der Waals surface area contributed by atoms with Crippen molar-refractivity contribution in [2.24, 2.45) is 0 Å². The molecule has 0 amide bonds. The Morgan fingerprint density at radius 3 is 1.73 bits per heavy atom. The van der Waals surface area contributed by atoms with Crippen LogP contribution in [0.3, 0.4) is 0 Å². The van der Waals surface area contributed by atoms with Gasteiger partial charge in [0.1, 0.15) is 0 Å². The minimum atomic E-state index is -4.41. The van der Waals surface area contributed by atoms with Gasteiger partial charge in [0, 0.05) is 0 Å². The molecule has 1 N–H and O–H groups in total. The smallest absolute Gasteiger partial charge is 0.726 e. The number of nitrogens with one attached hydrogen (secondary N) is 1. The van der Waals surface area contributed by atoms with Gasteiger partial charge in [-0.2, -0.15) is 0 Å². The van der Waals surface area contributed by atoms with E-state index in [-0.39, 0.29) is 29.6 Å². The molecule has 0 aliphatic heterocycles. The van der Waals surface area contributed by atoms with E-state index in [1.54, 1.807) is 0 Å². The molecule has 0 aliphatic rings. The van der Waals surface area contributed by atoms with Gasteiger partial charge in [0.25, 0.3) is 0 Å². The zero-order valence-corrected chi connectivity index (χ0v) is 10.1. The standard InChI is InChI=1S/C3H9N.CH4O4S.Na/c1-3-4-2;1-5-6(2,3)4;/h4H,3H2,1-2H3;1H3,(H,2,3,4);/q;;+1/p-1. The van der Waals surface area contributed by atoms with Crippen LogP contribution in [0.4, 0.5) is 0 Å². The van der Waals surface area contributed by atoms with Crippen LogP contribution in [0.1, 0.15) is 6.92 Å². The van der Waals surface area contributed by atoms with Crippen LogP contribution in [0.2, 0.25) is 0 Å². The van der Waals surface area contributed by atoms with Crippen LogP contribution in [0.25, 0.3) is 0 Å². The summed E-state index contributed by atoms with van der Waals surface area (Å²) in [5, 5.41) is 2.93. The van der Waals surface area contributed by atoms with Crippen molar-refractivity contribution in [1.82, 2.24) is 5.32 Å². The summed E-state index contributed by atoms with van der Waals surface area (Å²) in [7, 11) is -1.67. The third-order valence-electron chi connectivity index (χ3n) is 0.558. The minimum absolute atomic E-state index is 0. The van der Waals surface area contributed by atoms with Gasteiger partial charge in [-0.3, -0.25) is 4.18 Å². The summed E-state index contributed by atoms with van der Waals surface area (Å²) in [5.74, 6) is 0. The molecule has 0 aromatic heterocycles. The topological polar surface area (TPSA) is 78.5 Å². The Balaban J connectivity index is -0.000000114. The first kappa shape index (κ1) is 17.8. The maximum Gasteiger partial charge on any atom is 1.00 e. The fraction of sp³-hybridized carbons (Fsp3) is 1.00. The van der Waals surface area contributed by atoms with Crippen LogP contribution in [0.5, 0.6) is 0 Å². The second-order valence-corrected chi connectivity index (χ2v) is 2.43. The summed E-state index contributed by atoms with van der Waals surface area (Å²) >= 11 is 0. The second kappa shape index (κ2) is 10.8. The van der Waals surface area contributed by atoms with E-state index >= 15 is 0 Å². The maximum absolute atomic E-state index is 9.22. The quantitative estimate of drug-likeness (QED) is 0.278. The van der Waals surface area contributed by atoms with Crippen LogP contribution < -0.4 is 34.9 Å². The van der Waals surface area contributed by atoms with Crippen molar-refractivity contribution >= 4 is 10.4 Å². The van der Waals surface area contributed by atoms with Crippen molar-refractivity contribution in [3.63, 3.8) is 0 Å². The van der Waals surface area contributed by atoms with E-state index in [4.69, 9.17) is 0 Å². The van der Waals surface area contributed by atoms with Crippen molar-refractivity contribution in [2.45, 2.75) is 6.92 Å². The van der Waals surface area contributed by atoms with E-state index in [0.717, 1.165) is 13.7 Å². The fourth-order valence-electron chi connectivity index (χ4n) is 0. The molecule has 5 nitrogen and oxygen atoms in total. The van der Waals surface area contributed by atoms with Crippen molar-refractivity contribution in [3.05, 3.63) is 0 Å². The maximum atomic E-state index is 9.22. The Kier molecular flexibility index (Phi) is 17.5. The van der Waals surface area contributed by atoms with Gasteiger partial charge in [0.15, 0.2) is 0 Å². The molecule has 0 atom stereocenters. The Labute approximate surface area is 89.8 Å². The van der Waals surface area contributed by atoms with Gasteiger partial charge in [0.05, 0.1) is 7.11 Å². The number of hydrogen-bond acceptors (Lipinski definition) is 5. The monoisotopic (exact) mass is 193 g/mol. The third kappa shape index (κ3) is 36.2. The molecule has 0 aromatic rings. The van der Waals surface area contributed by atoms with E-state index < -0.39 is 10.4 Å². The predicted molar refractivity (Wildman–Crippen MR) is 36.3 cm³/mol. The van der Waals surface area contributed by atoms with Gasteiger partial charge in [-0.1, -0.05) is 6.92 Å². The average molecular weight is 193 g/mol. The molecule has 0 fully saturated rings. The van der Waals surface area contributed by atoms with Gasteiger partial charge in [-0.15, -0.1) is 0 Å². The van der Waals surface area contributed by atoms with Gasteiger partial charge < -0.3 is 9.87 Å². The van der Waals surface area contributed by atoms with Crippen molar-refractivity contribution in [1.29, 1.82) is 0 Å². The third-order valence-corrected chi connectivity index (χ3v) is 0.966. The van der Waals surface area contributed by atoms with Crippen LogP contribution in [-0.4, -0.2) is 33.7 Å². The van der Waals surface area contributed by atoms with E-state index in [1.165, 1.54) is 0 Å². The van der Waals surface area contributed by atoms with Crippen molar-refractivity contribution in [3.8, 4) is 0 Å². The summed E-state index contributed by atoms with van der Waals surface area (Å²) in [5.41, 5.74) is 0. The SMILES string of the molecule is CCNC.COS(=O)(=O)[O-].[Na+]. The van der Waals surface area contributed by atoms with Gasteiger partial charge in [0.2, 0.25) is 10.4 Å². The molecule has 0 bridgehead atoms. The molecule has 0 aromatic carbocycles. The predicted octanol–water partition coefficient (Wildman–Crippen LogP) is -3.68. The normalized spacial score (nSPS) is 9.09. The van der Waals surface area contributed by atoms with Gasteiger partial charge in [-0.05, 0) is 13.6 Å². The first-order valence-electron chi connectivity index (χ1n) is 2.64. The van der Waals surface area contributed by atoms with E-state index in [2.05, 4.69) is 16.4 Å². The first-order valence-corrected chi connectivity index (χ1v) is 3.97. The van der Waals surface area contributed by atoms with Crippen molar-refractivity contribution in [2.75, 3.05) is 20.7 Å².